The maximum Gasteiger partial charge on any atom is 0.229 e. The summed E-state index contributed by atoms with van der Waals surface area (Å²) >= 11 is 0. The highest BCUT2D eigenvalue weighted by Gasteiger charge is 2.21. The molecule has 0 aromatic heterocycles. The Morgan fingerprint density at radius 1 is 1.13 bits per heavy atom. The molecule has 1 aliphatic heterocycles. The number of carbonyl (C=O) groups excluding carboxylic acids is 1. The first-order valence-corrected chi connectivity index (χ1v) is 11.6. The lowest BCUT2D eigenvalue weighted by Gasteiger charge is -2.33. The first kappa shape index (κ1) is 22.2. The number of ether oxygens (including phenoxy) is 1. The molecule has 1 aliphatic rings. The normalized spacial score (nSPS) is 17.5. The summed E-state index contributed by atoms with van der Waals surface area (Å²) in [6, 6.07) is 13.1. The Morgan fingerprint density at radius 2 is 1.80 bits per heavy atom. The van der Waals surface area contributed by atoms with Gasteiger partial charge in [0.1, 0.15) is 5.82 Å². The van der Waals surface area contributed by atoms with Gasteiger partial charge in [0.2, 0.25) is 15.9 Å². The summed E-state index contributed by atoms with van der Waals surface area (Å²) < 4.78 is 43.6. The lowest BCUT2D eigenvalue weighted by atomic mass is 10.1. The maximum absolute atomic E-state index is 13.0. The van der Waals surface area contributed by atoms with Crippen molar-refractivity contribution in [1.29, 1.82) is 0 Å². The number of nitrogens with zero attached hydrogens (tertiary/aromatic N) is 1. The van der Waals surface area contributed by atoms with Gasteiger partial charge in [-0.25, -0.2) is 12.8 Å². The first-order chi connectivity index (χ1) is 14.3. The molecule has 7 nitrogen and oxygen atoms in total. The Kier molecular flexibility index (Phi) is 7.41. The number of halogens is 1. The third-order valence-corrected chi connectivity index (χ3v) is 5.30. The van der Waals surface area contributed by atoms with Gasteiger partial charge in [-0.15, -0.1) is 0 Å². The van der Waals surface area contributed by atoms with E-state index in [-0.39, 0.29) is 24.2 Å². The van der Waals surface area contributed by atoms with Gasteiger partial charge in [-0.3, -0.25) is 14.4 Å². The van der Waals surface area contributed by atoms with Gasteiger partial charge < -0.3 is 10.1 Å². The molecule has 0 bridgehead atoms. The molecule has 0 radical (unpaired) electrons. The van der Waals surface area contributed by atoms with Gasteiger partial charge in [0, 0.05) is 31.9 Å². The summed E-state index contributed by atoms with van der Waals surface area (Å²) in [5.41, 5.74) is 2.28. The fraction of sp³-hybridized carbons (Fsp3) is 0.381. The van der Waals surface area contributed by atoms with E-state index in [0.29, 0.717) is 31.9 Å². The number of carbonyl (C=O) groups is 1. The van der Waals surface area contributed by atoms with E-state index in [2.05, 4.69) is 14.9 Å². The van der Waals surface area contributed by atoms with Crippen molar-refractivity contribution in [2.75, 3.05) is 37.2 Å². The molecule has 1 atom stereocenters. The van der Waals surface area contributed by atoms with E-state index in [4.69, 9.17) is 4.74 Å². The number of benzene rings is 2. The second-order valence-electron chi connectivity index (χ2n) is 7.41. The minimum Gasteiger partial charge on any atom is -0.374 e. The van der Waals surface area contributed by atoms with E-state index < -0.39 is 10.0 Å². The highest BCUT2D eigenvalue weighted by molar-refractivity contribution is 7.92. The van der Waals surface area contributed by atoms with Crippen molar-refractivity contribution in [2.24, 2.45) is 0 Å². The molecule has 0 spiro atoms. The van der Waals surface area contributed by atoms with Crippen LogP contribution in [0.2, 0.25) is 0 Å². The van der Waals surface area contributed by atoms with Crippen molar-refractivity contribution in [2.45, 2.75) is 19.1 Å². The van der Waals surface area contributed by atoms with Crippen LogP contribution < -0.4 is 10.0 Å². The Hall–Kier alpha value is -2.49. The number of amides is 1. The summed E-state index contributed by atoms with van der Waals surface area (Å²) in [5, 5.41) is 2.89. The van der Waals surface area contributed by atoms with E-state index in [9.17, 15) is 17.6 Å². The highest BCUT2D eigenvalue weighted by atomic mass is 32.2. The van der Waals surface area contributed by atoms with Gasteiger partial charge in [0.25, 0.3) is 0 Å². The van der Waals surface area contributed by atoms with Crippen LogP contribution in [-0.2, 0) is 32.5 Å². The van der Waals surface area contributed by atoms with Crippen LogP contribution in [0.4, 0.5) is 10.1 Å². The number of nitrogens with one attached hydrogen (secondary N) is 2. The minimum atomic E-state index is -3.32. The molecule has 1 heterocycles. The van der Waals surface area contributed by atoms with Crippen molar-refractivity contribution in [1.82, 2.24) is 10.2 Å². The quantitative estimate of drug-likeness (QED) is 0.660. The highest BCUT2D eigenvalue weighted by Crippen LogP contribution is 2.13. The molecule has 0 unspecified atom stereocenters. The molecule has 30 heavy (non-hydrogen) atoms. The smallest absolute Gasteiger partial charge is 0.229 e. The van der Waals surface area contributed by atoms with Gasteiger partial charge in [-0.1, -0.05) is 24.3 Å². The molecular weight excluding hydrogens is 409 g/mol. The largest absolute Gasteiger partial charge is 0.374 e. The lowest BCUT2D eigenvalue weighted by molar-refractivity contribution is -0.121. The van der Waals surface area contributed by atoms with Crippen LogP contribution in [0, 0.1) is 5.82 Å². The molecule has 1 saturated heterocycles. The van der Waals surface area contributed by atoms with Crippen molar-refractivity contribution in [3.8, 4) is 0 Å². The number of anilines is 1. The number of hydrogen-bond donors (Lipinski definition) is 2. The zero-order valence-corrected chi connectivity index (χ0v) is 17.6. The van der Waals surface area contributed by atoms with Gasteiger partial charge in [-0.2, -0.15) is 0 Å². The number of hydrogen-bond acceptors (Lipinski definition) is 5. The molecule has 162 valence electrons. The summed E-state index contributed by atoms with van der Waals surface area (Å²) in [6.07, 6.45) is 1.18. The third kappa shape index (κ3) is 7.40. The average Bonchev–Trinajstić information content (AvgIpc) is 2.69. The Bertz CT molecular complexity index is 949. The third-order valence-electron chi connectivity index (χ3n) is 4.69. The van der Waals surface area contributed by atoms with E-state index in [1.54, 1.807) is 36.4 Å². The molecule has 2 aromatic carbocycles. The number of sulfonamides is 1. The van der Waals surface area contributed by atoms with Crippen LogP contribution in [0.5, 0.6) is 0 Å². The molecule has 2 aromatic rings. The van der Waals surface area contributed by atoms with Gasteiger partial charge in [-0.05, 0) is 35.4 Å². The molecule has 2 N–H and O–H groups in total. The lowest BCUT2D eigenvalue weighted by Crippen LogP contribution is -2.47. The molecular formula is C21H26FN3O4S. The SMILES string of the molecule is CS(=O)(=O)Nc1ccc(CC(=O)NC[C@@H]2CN(Cc3ccc(F)cc3)CCO2)cc1. The Balaban J connectivity index is 1.43. The van der Waals surface area contributed by atoms with Crippen LogP contribution in [0.15, 0.2) is 48.5 Å². The van der Waals surface area contributed by atoms with Gasteiger partial charge >= 0.3 is 0 Å². The van der Waals surface area contributed by atoms with Crippen LogP contribution in [0.25, 0.3) is 0 Å². The molecule has 3 rings (SSSR count). The summed E-state index contributed by atoms with van der Waals surface area (Å²) in [6.45, 7) is 3.17. The fourth-order valence-corrected chi connectivity index (χ4v) is 3.84. The van der Waals surface area contributed by atoms with E-state index in [1.807, 2.05) is 0 Å². The van der Waals surface area contributed by atoms with Crippen LogP contribution >= 0.6 is 0 Å². The Labute approximate surface area is 176 Å². The van der Waals surface area contributed by atoms with Gasteiger partial charge in [0.15, 0.2) is 0 Å². The standard InChI is InChI=1S/C21H26FN3O4S/c1-30(27,28)24-19-8-4-16(5-9-19)12-21(26)23-13-20-15-25(10-11-29-20)14-17-2-6-18(22)7-3-17/h2-9,20,24H,10-15H2,1H3,(H,23,26)/t20-/m1/s1. The first-order valence-electron chi connectivity index (χ1n) is 9.69. The van der Waals surface area contributed by atoms with Crippen LogP contribution in [0.1, 0.15) is 11.1 Å². The van der Waals surface area contributed by atoms with Crippen molar-refractivity contribution >= 4 is 21.6 Å². The van der Waals surface area contributed by atoms with E-state index in [1.165, 1.54) is 12.1 Å². The van der Waals surface area contributed by atoms with Crippen molar-refractivity contribution in [3.05, 3.63) is 65.5 Å². The monoisotopic (exact) mass is 435 g/mol. The molecule has 1 fully saturated rings. The van der Waals surface area contributed by atoms with Crippen molar-refractivity contribution < 1.29 is 22.3 Å². The summed E-state index contributed by atoms with van der Waals surface area (Å²) in [4.78, 5) is 14.5. The molecule has 9 heteroatoms. The predicted molar refractivity (Wildman–Crippen MR) is 113 cm³/mol. The Morgan fingerprint density at radius 3 is 2.47 bits per heavy atom. The molecule has 0 saturated carbocycles. The number of morpholine rings is 1. The summed E-state index contributed by atoms with van der Waals surface area (Å²) in [5.74, 6) is -0.374. The topological polar surface area (TPSA) is 87.7 Å². The number of rotatable bonds is 8. The van der Waals surface area contributed by atoms with Crippen LogP contribution in [0.3, 0.4) is 0 Å². The zero-order valence-electron chi connectivity index (χ0n) is 16.8. The van der Waals surface area contributed by atoms with Crippen LogP contribution in [-0.4, -0.2) is 57.8 Å². The fourth-order valence-electron chi connectivity index (χ4n) is 3.28. The minimum absolute atomic E-state index is 0.107. The summed E-state index contributed by atoms with van der Waals surface area (Å²) in [7, 11) is -3.32. The zero-order chi connectivity index (χ0) is 21.6. The van der Waals surface area contributed by atoms with Crippen molar-refractivity contribution in [3.63, 3.8) is 0 Å². The molecule has 0 aliphatic carbocycles. The average molecular weight is 436 g/mol. The maximum atomic E-state index is 13.0. The van der Waals surface area contributed by atoms with E-state index in [0.717, 1.165) is 23.9 Å². The van der Waals surface area contributed by atoms with Gasteiger partial charge in [0.05, 0.1) is 25.4 Å². The second kappa shape index (κ2) is 10.0. The molecule has 1 amide bonds. The predicted octanol–water partition coefficient (Wildman–Crippen LogP) is 1.76. The van der Waals surface area contributed by atoms with E-state index >= 15 is 0 Å². The second-order valence-corrected chi connectivity index (χ2v) is 9.15.